The smallest absolute Gasteiger partial charge is 0.380 e. The molecule has 0 radical (unpaired) electrons. The number of thioether (sulfide) groups is 1. The third-order valence-electron chi connectivity index (χ3n) is 14.1. The Labute approximate surface area is 442 Å². The van der Waals surface area contributed by atoms with E-state index < -0.39 is 59.2 Å². The van der Waals surface area contributed by atoms with Crippen LogP contribution >= 0.6 is 11.8 Å². The number of allylic oxidation sites excluding steroid dienone is 2. The van der Waals surface area contributed by atoms with Gasteiger partial charge in [0.2, 0.25) is 11.8 Å². The first-order chi connectivity index (χ1) is 35.4. The number of benzene rings is 3. The molecule has 2 fully saturated rings. The van der Waals surface area contributed by atoms with Crippen LogP contribution in [0.15, 0.2) is 111 Å². The largest absolute Gasteiger partial charge is 0.501 e. The molecule has 0 unspecified atom stereocenters. The van der Waals surface area contributed by atoms with E-state index in [2.05, 4.69) is 45.8 Å². The highest BCUT2D eigenvalue weighted by atomic mass is 32.2. The maximum Gasteiger partial charge on any atom is 0.501 e. The summed E-state index contributed by atoms with van der Waals surface area (Å²) < 4.78 is 125. The summed E-state index contributed by atoms with van der Waals surface area (Å²) in [6.07, 6.45) is 4.34. The Bertz CT molecular complexity index is 2720. The molecule has 2 heterocycles. The number of primary amides is 1. The first kappa shape index (κ1) is 59.2. The lowest BCUT2D eigenvalue weighted by Gasteiger charge is -2.39. The number of sulfone groups is 1. The molecule has 22 heteroatoms. The Balaban J connectivity index is 1.09. The van der Waals surface area contributed by atoms with E-state index in [1.165, 1.54) is 35.0 Å². The molecule has 2 aliphatic heterocycles. The Kier molecular flexibility index (Phi) is 20.8. The topological polar surface area (TPSA) is 191 Å². The number of rotatable bonds is 26. The molecule has 0 spiro atoms. The standard InChI is InChI=1S/C53H70F5N7O7S3/c1-37(49(54)55)13-14-39-33-52(2,3)24-21-40(39)34-64-28-30-65(31-29-64)43-17-15-38(16-18-43)51(68)62-75(71,72)45-19-20-46(47(32-45)74(69,70)53(56,57)58)61-42(36-73-44-10-6-4-7-11-44)23-27-63-26-22-41(35-63)50(67)60-25-9-5-8-12-48(59)66/h4,6-7,10-11,15-20,32,41-42,49,61H,1,5,8-9,12-14,21-31,33-36H2,2-3H3,(H2,59,66)(H,60,67)(H,62,68)/t41-,42-/m1/s1. The number of carbonyl (C=O) groups is 3. The summed E-state index contributed by atoms with van der Waals surface area (Å²) in [5.74, 6) is -1.56. The fourth-order valence-electron chi connectivity index (χ4n) is 9.64. The van der Waals surface area contributed by atoms with Crippen molar-refractivity contribution in [3.63, 3.8) is 0 Å². The van der Waals surface area contributed by atoms with E-state index >= 15 is 0 Å². The van der Waals surface area contributed by atoms with Crippen LogP contribution in [0.2, 0.25) is 0 Å². The van der Waals surface area contributed by atoms with E-state index in [0.29, 0.717) is 77.4 Å². The van der Waals surface area contributed by atoms with Gasteiger partial charge in [-0.1, -0.05) is 56.2 Å². The van der Waals surface area contributed by atoms with Crippen molar-refractivity contribution in [2.24, 2.45) is 17.1 Å². The van der Waals surface area contributed by atoms with Crippen LogP contribution in [-0.4, -0.2) is 127 Å². The van der Waals surface area contributed by atoms with Crippen LogP contribution in [-0.2, 0) is 29.4 Å². The van der Waals surface area contributed by atoms with E-state index in [0.717, 1.165) is 68.0 Å². The van der Waals surface area contributed by atoms with Gasteiger partial charge in [0.05, 0.1) is 16.5 Å². The summed E-state index contributed by atoms with van der Waals surface area (Å²) in [4.78, 5) is 42.5. The number of nitrogens with zero attached hydrogens (tertiary/aromatic N) is 3. The second kappa shape index (κ2) is 26.3. The van der Waals surface area contributed by atoms with Crippen molar-refractivity contribution in [3.05, 3.63) is 102 Å². The van der Waals surface area contributed by atoms with Crippen LogP contribution in [0.3, 0.4) is 0 Å². The van der Waals surface area contributed by atoms with Gasteiger partial charge >= 0.3 is 5.51 Å². The number of halogens is 5. The predicted molar refractivity (Wildman–Crippen MR) is 283 cm³/mol. The van der Waals surface area contributed by atoms with Crippen molar-refractivity contribution in [2.45, 2.75) is 117 Å². The Morgan fingerprint density at radius 3 is 2.25 bits per heavy atom. The van der Waals surface area contributed by atoms with Crippen LogP contribution in [0.1, 0.15) is 94.8 Å². The monoisotopic (exact) mass is 1110 g/mol. The molecule has 3 aromatic rings. The first-order valence-electron chi connectivity index (χ1n) is 25.4. The normalized spacial score (nSPS) is 18.2. The molecule has 3 amide bonds. The van der Waals surface area contributed by atoms with Gasteiger partial charge in [-0.15, -0.1) is 11.8 Å². The van der Waals surface area contributed by atoms with Gasteiger partial charge in [0.1, 0.15) is 4.90 Å². The predicted octanol–water partition coefficient (Wildman–Crippen LogP) is 8.78. The van der Waals surface area contributed by atoms with Gasteiger partial charge in [0.15, 0.2) is 0 Å². The number of piperazine rings is 1. The van der Waals surface area contributed by atoms with E-state index in [-0.39, 0.29) is 52.9 Å². The van der Waals surface area contributed by atoms with Crippen LogP contribution in [0.25, 0.3) is 0 Å². The number of sulfonamides is 1. The van der Waals surface area contributed by atoms with Crippen molar-refractivity contribution in [1.82, 2.24) is 19.8 Å². The zero-order chi connectivity index (χ0) is 54.6. The fraction of sp³-hybridized carbons (Fsp3) is 0.528. The van der Waals surface area contributed by atoms with Gasteiger partial charge in [-0.3, -0.25) is 19.3 Å². The van der Waals surface area contributed by atoms with E-state index in [9.17, 15) is 53.2 Å². The third-order valence-corrected chi connectivity index (χ3v) is 18.1. The van der Waals surface area contributed by atoms with Gasteiger partial charge in [-0.2, -0.15) is 13.2 Å². The second-order valence-corrected chi connectivity index (χ2v) is 25.2. The van der Waals surface area contributed by atoms with Gasteiger partial charge < -0.3 is 26.2 Å². The summed E-state index contributed by atoms with van der Waals surface area (Å²) in [5.41, 5.74) is 2.20. The van der Waals surface area contributed by atoms with Crippen molar-refractivity contribution in [1.29, 1.82) is 0 Å². The lowest BCUT2D eigenvalue weighted by Crippen LogP contribution is -2.47. The number of hydrogen-bond acceptors (Lipinski definition) is 12. The minimum absolute atomic E-state index is 0.0489. The number of nitrogens with one attached hydrogen (secondary N) is 3. The number of hydrogen-bond donors (Lipinski definition) is 4. The average Bonchev–Trinajstić information content (AvgIpc) is 3.85. The summed E-state index contributed by atoms with van der Waals surface area (Å²) in [5, 5.41) is 5.91. The number of nitrogens with two attached hydrogens (primary N) is 1. The fourth-order valence-corrected chi connectivity index (χ4v) is 12.7. The number of likely N-dealkylation sites (tertiary alicyclic amines) is 1. The molecule has 2 atom stereocenters. The highest BCUT2D eigenvalue weighted by molar-refractivity contribution is 7.99. The molecule has 14 nitrogen and oxygen atoms in total. The van der Waals surface area contributed by atoms with Crippen LogP contribution in [0.5, 0.6) is 0 Å². The maximum absolute atomic E-state index is 14.3. The molecule has 0 aromatic heterocycles. The van der Waals surface area contributed by atoms with Gasteiger partial charge in [0, 0.05) is 86.7 Å². The molecule has 2 saturated heterocycles. The maximum atomic E-state index is 14.3. The number of anilines is 2. The van der Waals surface area contributed by atoms with Crippen LogP contribution in [0, 0.1) is 11.3 Å². The number of amides is 3. The van der Waals surface area contributed by atoms with Crippen LogP contribution in [0.4, 0.5) is 33.3 Å². The molecule has 412 valence electrons. The SMILES string of the molecule is C=C(CCC1=C(CN2CCN(c3ccc(C(=O)NS(=O)(=O)c4ccc(N[C@H](CCN5CC[C@@H](C(=O)NCCCCCC(N)=O)C5)CSc5ccccc5)c(S(=O)(=O)C(F)(F)F)c4)cc3)CC2)CCC(C)(C)C1)C(F)F. The molecule has 3 aromatic carbocycles. The van der Waals surface area contributed by atoms with Gasteiger partial charge in [-0.25, -0.2) is 30.3 Å². The average molecular weight is 1110 g/mol. The first-order valence-corrected chi connectivity index (χ1v) is 29.3. The summed E-state index contributed by atoms with van der Waals surface area (Å²) >= 11 is 1.39. The van der Waals surface area contributed by atoms with Crippen molar-refractivity contribution >= 4 is 60.7 Å². The third kappa shape index (κ3) is 17.2. The van der Waals surface area contributed by atoms with Crippen molar-refractivity contribution in [3.8, 4) is 0 Å². The summed E-state index contributed by atoms with van der Waals surface area (Å²) in [7, 11) is -11.1. The number of carbonyl (C=O) groups excluding carboxylic acids is 3. The highest BCUT2D eigenvalue weighted by Crippen LogP contribution is 2.42. The second-order valence-electron chi connectivity index (χ2n) is 20.5. The number of alkyl halides is 5. The summed E-state index contributed by atoms with van der Waals surface area (Å²) in [6.45, 7) is 13.4. The molecular weight excluding hydrogens is 1040 g/mol. The molecule has 0 bridgehead atoms. The van der Waals surface area contributed by atoms with Gasteiger partial charge in [0.25, 0.3) is 32.2 Å². The zero-order valence-electron chi connectivity index (χ0n) is 42.6. The minimum atomic E-state index is -6.15. The molecule has 3 aliphatic rings. The number of unbranched alkanes of at least 4 members (excludes halogenated alkanes) is 2. The van der Waals surface area contributed by atoms with Crippen molar-refractivity contribution in [2.75, 3.05) is 74.9 Å². The Hall–Kier alpha value is -5.03. The molecular formula is C53H70F5N7O7S3. The lowest BCUT2D eigenvalue weighted by molar-refractivity contribution is -0.124. The quantitative estimate of drug-likeness (QED) is 0.0259. The van der Waals surface area contributed by atoms with E-state index in [4.69, 9.17) is 5.73 Å². The minimum Gasteiger partial charge on any atom is -0.380 e. The Morgan fingerprint density at radius 1 is 0.880 bits per heavy atom. The van der Waals surface area contributed by atoms with Gasteiger partial charge in [-0.05, 0) is 130 Å². The molecule has 1 aliphatic carbocycles. The van der Waals surface area contributed by atoms with Crippen molar-refractivity contribution < 1.29 is 53.2 Å². The lowest BCUT2D eigenvalue weighted by atomic mass is 9.73. The highest BCUT2D eigenvalue weighted by Gasteiger charge is 2.48. The Morgan fingerprint density at radius 2 is 1.59 bits per heavy atom. The van der Waals surface area contributed by atoms with E-state index in [1.807, 2.05) is 35.1 Å². The zero-order valence-corrected chi connectivity index (χ0v) is 45.1. The molecule has 5 N–H and O–H groups in total. The molecule has 0 saturated carbocycles. The molecule has 75 heavy (non-hydrogen) atoms. The molecule has 6 rings (SSSR count). The summed E-state index contributed by atoms with van der Waals surface area (Å²) in [6, 6.07) is 17.0. The van der Waals surface area contributed by atoms with Crippen LogP contribution < -0.4 is 26.0 Å². The van der Waals surface area contributed by atoms with E-state index in [1.54, 1.807) is 12.1 Å².